The van der Waals surface area contributed by atoms with Gasteiger partial charge in [-0.1, -0.05) is 30.3 Å². The summed E-state index contributed by atoms with van der Waals surface area (Å²) < 4.78 is 7.86. The lowest BCUT2D eigenvalue weighted by Crippen LogP contribution is -2.47. The zero-order valence-corrected chi connectivity index (χ0v) is 17.3. The Bertz CT molecular complexity index is 916. The molecule has 1 aliphatic heterocycles. The third kappa shape index (κ3) is 5.17. The first-order valence-corrected chi connectivity index (χ1v) is 10.5. The van der Waals surface area contributed by atoms with Crippen molar-refractivity contribution in [2.45, 2.75) is 32.4 Å². The molecule has 1 aliphatic rings. The van der Waals surface area contributed by atoms with E-state index in [1.54, 1.807) is 11.0 Å². The van der Waals surface area contributed by atoms with Crippen LogP contribution in [0.4, 0.5) is 0 Å². The lowest BCUT2D eigenvalue weighted by Gasteiger charge is -2.34. The van der Waals surface area contributed by atoms with E-state index in [4.69, 9.17) is 9.73 Å². The topological polar surface area (TPSA) is 67.6 Å². The Morgan fingerprint density at radius 2 is 1.87 bits per heavy atom. The minimum Gasteiger partial charge on any atom is -0.490 e. The normalized spacial score (nSPS) is 15.2. The van der Waals surface area contributed by atoms with E-state index < -0.39 is 0 Å². The third-order valence-corrected chi connectivity index (χ3v) is 5.15. The van der Waals surface area contributed by atoms with Crippen LogP contribution in [0.25, 0.3) is 5.69 Å². The summed E-state index contributed by atoms with van der Waals surface area (Å²) in [6.07, 6.45) is 5.48. The second-order valence-electron chi connectivity index (χ2n) is 7.29. The molecule has 0 atom stereocenters. The van der Waals surface area contributed by atoms with Crippen LogP contribution in [0.3, 0.4) is 0 Å². The van der Waals surface area contributed by atoms with Gasteiger partial charge in [-0.3, -0.25) is 0 Å². The smallest absolute Gasteiger partial charge is 0.194 e. The predicted molar refractivity (Wildman–Crippen MR) is 118 cm³/mol. The average Bonchev–Trinajstić information content (AvgIpc) is 3.33. The molecule has 0 spiro atoms. The van der Waals surface area contributed by atoms with Crippen LogP contribution >= 0.6 is 0 Å². The highest BCUT2D eigenvalue weighted by molar-refractivity contribution is 5.80. The van der Waals surface area contributed by atoms with Crippen LogP contribution in [0, 0.1) is 0 Å². The number of nitrogens with zero attached hydrogens (tertiary/aromatic N) is 5. The summed E-state index contributed by atoms with van der Waals surface area (Å²) in [5.41, 5.74) is 2.16. The maximum Gasteiger partial charge on any atom is 0.194 e. The van der Waals surface area contributed by atoms with E-state index in [9.17, 15) is 0 Å². The maximum atomic E-state index is 6.12. The van der Waals surface area contributed by atoms with Gasteiger partial charge in [-0.25, -0.2) is 14.7 Å². The largest absolute Gasteiger partial charge is 0.490 e. The highest BCUT2D eigenvalue weighted by Crippen LogP contribution is 2.19. The molecule has 30 heavy (non-hydrogen) atoms. The van der Waals surface area contributed by atoms with Crippen LogP contribution in [-0.4, -0.2) is 51.4 Å². The number of rotatable bonds is 6. The molecule has 1 aromatic heterocycles. The first-order chi connectivity index (χ1) is 14.8. The first kappa shape index (κ1) is 19.9. The maximum absolute atomic E-state index is 6.12. The SMILES string of the molecule is CCNC(=NCc1ccc(-n2cncn2)cc1)N1CCC(Oc2ccccc2)CC1. The van der Waals surface area contributed by atoms with Crippen molar-refractivity contribution in [3.8, 4) is 11.4 Å². The van der Waals surface area contributed by atoms with Crippen molar-refractivity contribution in [1.29, 1.82) is 0 Å². The molecule has 0 amide bonds. The molecule has 4 rings (SSSR count). The van der Waals surface area contributed by atoms with Gasteiger partial charge in [-0.05, 0) is 36.8 Å². The number of benzene rings is 2. The van der Waals surface area contributed by atoms with Crippen LogP contribution in [0.1, 0.15) is 25.3 Å². The summed E-state index contributed by atoms with van der Waals surface area (Å²) in [7, 11) is 0. The van der Waals surface area contributed by atoms with Gasteiger partial charge < -0.3 is 15.0 Å². The molecule has 2 aromatic carbocycles. The number of guanidine groups is 1. The van der Waals surface area contributed by atoms with Crippen LogP contribution < -0.4 is 10.1 Å². The van der Waals surface area contributed by atoms with Crippen molar-refractivity contribution in [2.24, 2.45) is 4.99 Å². The molecule has 0 radical (unpaired) electrons. The fraction of sp³-hybridized carbons (Fsp3) is 0.348. The zero-order valence-electron chi connectivity index (χ0n) is 17.3. The van der Waals surface area contributed by atoms with Crippen molar-refractivity contribution >= 4 is 5.96 Å². The van der Waals surface area contributed by atoms with E-state index in [0.717, 1.165) is 55.4 Å². The number of nitrogens with one attached hydrogen (secondary N) is 1. The summed E-state index contributed by atoms with van der Waals surface area (Å²) in [6, 6.07) is 18.3. The van der Waals surface area contributed by atoms with Gasteiger partial charge in [0, 0.05) is 32.5 Å². The Kier molecular flexibility index (Phi) is 6.59. The number of likely N-dealkylation sites (tertiary alicyclic amines) is 1. The van der Waals surface area contributed by atoms with Crippen molar-refractivity contribution in [2.75, 3.05) is 19.6 Å². The second-order valence-corrected chi connectivity index (χ2v) is 7.29. The van der Waals surface area contributed by atoms with Gasteiger partial charge in [0.1, 0.15) is 24.5 Å². The standard InChI is InChI=1S/C23H28N6O/c1-2-25-23(26-16-19-8-10-20(11-9-19)29-18-24-17-27-29)28-14-12-22(13-15-28)30-21-6-4-3-5-7-21/h3-11,17-18,22H,2,12-16H2,1H3,(H,25,26). The van der Waals surface area contributed by atoms with Gasteiger partial charge in [-0.2, -0.15) is 5.10 Å². The Hall–Kier alpha value is -3.35. The van der Waals surface area contributed by atoms with Crippen LogP contribution in [0.15, 0.2) is 72.2 Å². The van der Waals surface area contributed by atoms with Gasteiger partial charge in [0.05, 0.1) is 12.2 Å². The Labute approximate surface area is 177 Å². The third-order valence-electron chi connectivity index (χ3n) is 5.15. The highest BCUT2D eigenvalue weighted by Gasteiger charge is 2.22. The highest BCUT2D eigenvalue weighted by atomic mass is 16.5. The lowest BCUT2D eigenvalue weighted by atomic mass is 10.1. The summed E-state index contributed by atoms with van der Waals surface area (Å²) in [5, 5.41) is 7.59. The molecule has 0 saturated carbocycles. The van der Waals surface area contributed by atoms with Gasteiger partial charge >= 0.3 is 0 Å². The molecule has 156 valence electrons. The molecule has 0 bridgehead atoms. The Morgan fingerprint density at radius 3 is 2.53 bits per heavy atom. The molecular weight excluding hydrogens is 376 g/mol. The van der Waals surface area contributed by atoms with Crippen LogP contribution in [0.2, 0.25) is 0 Å². The van der Waals surface area contributed by atoms with Gasteiger partial charge in [0.25, 0.3) is 0 Å². The van der Waals surface area contributed by atoms with Crippen molar-refractivity contribution < 1.29 is 4.74 Å². The summed E-state index contributed by atoms with van der Waals surface area (Å²) in [5.74, 6) is 1.92. The lowest BCUT2D eigenvalue weighted by molar-refractivity contribution is 0.129. The number of para-hydroxylation sites is 1. The molecule has 0 aliphatic carbocycles. The van der Waals surface area contributed by atoms with Gasteiger partial charge in [0.2, 0.25) is 0 Å². The minimum absolute atomic E-state index is 0.260. The quantitative estimate of drug-likeness (QED) is 0.504. The minimum atomic E-state index is 0.260. The Balaban J connectivity index is 1.33. The van der Waals surface area contributed by atoms with E-state index in [1.165, 1.54) is 6.33 Å². The number of piperidine rings is 1. The molecule has 0 unspecified atom stereocenters. The Morgan fingerprint density at radius 1 is 1.10 bits per heavy atom. The predicted octanol–water partition coefficient (Wildman–Crippen LogP) is 3.28. The fourth-order valence-electron chi connectivity index (χ4n) is 3.56. The molecule has 1 N–H and O–H groups in total. The van der Waals surface area contributed by atoms with Gasteiger partial charge in [-0.15, -0.1) is 0 Å². The molecule has 1 fully saturated rings. The van der Waals surface area contributed by atoms with E-state index in [2.05, 4.69) is 39.4 Å². The van der Waals surface area contributed by atoms with Crippen LogP contribution in [0.5, 0.6) is 5.75 Å². The van der Waals surface area contributed by atoms with Crippen molar-refractivity contribution in [3.05, 3.63) is 72.8 Å². The number of aliphatic imine (C=N–C) groups is 1. The second kappa shape index (κ2) is 9.91. The molecule has 7 nitrogen and oxygen atoms in total. The molecular formula is C23H28N6O. The molecule has 7 heteroatoms. The molecule has 3 aromatic rings. The van der Waals surface area contributed by atoms with E-state index in [1.807, 2.05) is 42.5 Å². The van der Waals surface area contributed by atoms with E-state index in [-0.39, 0.29) is 6.10 Å². The fourth-order valence-corrected chi connectivity index (χ4v) is 3.56. The number of hydrogen-bond donors (Lipinski definition) is 1. The first-order valence-electron chi connectivity index (χ1n) is 10.5. The average molecular weight is 405 g/mol. The monoisotopic (exact) mass is 404 g/mol. The summed E-state index contributed by atoms with van der Waals surface area (Å²) in [6.45, 7) is 5.47. The zero-order chi connectivity index (χ0) is 20.6. The van der Waals surface area contributed by atoms with Crippen molar-refractivity contribution in [1.82, 2.24) is 25.0 Å². The molecule has 1 saturated heterocycles. The summed E-state index contributed by atoms with van der Waals surface area (Å²) >= 11 is 0. The van der Waals surface area contributed by atoms with E-state index in [0.29, 0.717) is 6.54 Å². The number of ether oxygens (including phenoxy) is 1. The number of aromatic nitrogens is 3. The number of hydrogen-bond acceptors (Lipinski definition) is 4. The van der Waals surface area contributed by atoms with Crippen molar-refractivity contribution in [3.63, 3.8) is 0 Å². The molecule has 2 heterocycles. The van der Waals surface area contributed by atoms with Crippen LogP contribution in [-0.2, 0) is 6.54 Å². The summed E-state index contributed by atoms with van der Waals surface area (Å²) in [4.78, 5) is 11.2. The van der Waals surface area contributed by atoms with Gasteiger partial charge in [0.15, 0.2) is 5.96 Å². The van der Waals surface area contributed by atoms with E-state index >= 15 is 0 Å².